The molecule has 4 heteroatoms. The molecule has 0 radical (unpaired) electrons. The quantitative estimate of drug-likeness (QED) is 0.485. The number of nitrogen functional groups attached to an aromatic ring is 1. The van der Waals surface area contributed by atoms with Gasteiger partial charge in [0.2, 0.25) is 0 Å². The molecule has 3 aromatic rings. The Hall–Kier alpha value is -2.88. The Morgan fingerprint density at radius 2 is 1.96 bits per heavy atom. The third-order valence-corrected chi connectivity index (χ3v) is 4.56. The van der Waals surface area contributed by atoms with E-state index in [2.05, 4.69) is 25.0 Å². The zero-order valence-electron chi connectivity index (χ0n) is 14.7. The van der Waals surface area contributed by atoms with Crippen molar-refractivity contribution >= 4 is 28.9 Å². The average molecular weight is 335 g/mol. The van der Waals surface area contributed by atoms with E-state index in [-0.39, 0.29) is 11.7 Å². The van der Waals surface area contributed by atoms with Gasteiger partial charge in [0.1, 0.15) is 5.82 Å². The maximum absolute atomic E-state index is 13.8. The molecule has 0 aliphatic heterocycles. The Morgan fingerprint density at radius 1 is 1.24 bits per heavy atom. The van der Waals surface area contributed by atoms with Crippen molar-refractivity contribution in [1.29, 1.82) is 5.41 Å². The molecule has 0 fully saturated rings. The van der Waals surface area contributed by atoms with Crippen molar-refractivity contribution in [3.63, 3.8) is 0 Å². The predicted octanol–water partition coefficient (Wildman–Crippen LogP) is 5.42. The minimum absolute atomic E-state index is 0.223. The number of aromatic nitrogens is 1. The van der Waals surface area contributed by atoms with Gasteiger partial charge < -0.3 is 15.7 Å². The highest BCUT2D eigenvalue weighted by Crippen LogP contribution is 2.37. The molecule has 0 spiro atoms. The minimum Gasteiger partial charge on any atom is -0.398 e. The third-order valence-electron chi connectivity index (χ3n) is 4.56. The van der Waals surface area contributed by atoms with Crippen molar-refractivity contribution < 1.29 is 4.39 Å². The van der Waals surface area contributed by atoms with Crippen LogP contribution in [-0.2, 0) is 0 Å². The van der Waals surface area contributed by atoms with Crippen molar-refractivity contribution in [2.24, 2.45) is 0 Å². The maximum Gasteiger partial charge on any atom is 0.126 e. The van der Waals surface area contributed by atoms with E-state index in [1.807, 2.05) is 24.3 Å². The van der Waals surface area contributed by atoms with Crippen molar-refractivity contribution in [2.45, 2.75) is 26.7 Å². The highest BCUT2D eigenvalue weighted by atomic mass is 19.1. The maximum atomic E-state index is 13.8. The fourth-order valence-corrected chi connectivity index (χ4v) is 3.36. The van der Waals surface area contributed by atoms with Crippen LogP contribution in [0.4, 0.5) is 10.1 Å². The smallest absolute Gasteiger partial charge is 0.126 e. The Labute approximate surface area is 147 Å². The van der Waals surface area contributed by atoms with Crippen LogP contribution in [0.2, 0.25) is 0 Å². The van der Waals surface area contributed by atoms with Gasteiger partial charge in [0.05, 0.1) is 5.52 Å². The Kier molecular flexibility index (Phi) is 4.21. The van der Waals surface area contributed by atoms with E-state index >= 15 is 0 Å². The number of anilines is 1. The number of nitrogens with zero attached hydrogens (tertiary/aromatic N) is 1. The molecule has 25 heavy (non-hydrogen) atoms. The summed E-state index contributed by atoms with van der Waals surface area (Å²) in [6.07, 6.45) is 3.10. The molecule has 0 amide bonds. The number of nitrogens with one attached hydrogen (secondary N) is 1. The molecule has 3 nitrogen and oxygen atoms in total. The second-order valence-corrected chi connectivity index (χ2v) is 6.57. The van der Waals surface area contributed by atoms with E-state index in [0.29, 0.717) is 16.8 Å². The summed E-state index contributed by atoms with van der Waals surface area (Å²) >= 11 is 0. The van der Waals surface area contributed by atoms with E-state index in [1.165, 1.54) is 12.3 Å². The van der Waals surface area contributed by atoms with Crippen LogP contribution in [0.3, 0.4) is 0 Å². The molecule has 0 unspecified atom stereocenters. The molecule has 0 aliphatic carbocycles. The van der Waals surface area contributed by atoms with Gasteiger partial charge in [-0.25, -0.2) is 4.39 Å². The molecule has 1 heterocycles. The lowest BCUT2D eigenvalue weighted by Gasteiger charge is -2.15. The molecular weight excluding hydrogens is 313 g/mol. The van der Waals surface area contributed by atoms with Crippen molar-refractivity contribution in [3.8, 4) is 5.69 Å². The molecule has 128 valence electrons. The number of rotatable bonds is 4. The van der Waals surface area contributed by atoms with Crippen molar-refractivity contribution in [2.75, 3.05) is 5.73 Å². The number of nitrogens with two attached hydrogens (primary N) is 1. The van der Waals surface area contributed by atoms with E-state index in [9.17, 15) is 4.39 Å². The topological polar surface area (TPSA) is 54.8 Å². The van der Waals surface area contributed by atoms with E-state index < -0.39 is 0 Å². The lowest BCUT2D eigenvalue weighted by atomic mass is 10.0. The SMILES string of the molecule is C=Cc1c(C(C)C)n(-c2ccc(F)c(C)c2)c2cc(C=N)c(N)cc12. The summed E-state index contributed by atoms with van der Waals surface area (Å²) in [5.41, 5.74) is 11.9. The molecular formula is C21H22FN3. The van der Waals surface area contributed by atoms with Crippen LogP contribution in [0.5, 0.6) is 0 Å². The van der Waals surface area contributed by atoms with Gasteiger partial charge in [0, 0.05) is 39.8 Å². The summed E-state index contributed by atoms with van der Waals surface area (Å²) < 4.78 is 15.9. The number of fused-ring (bicyclic) bond motifs is 1. The number of hydrogen-bond acceptors (Lipinski definition) is 2. The first-order valence-corrected chi connectivity index (χ1v) is 8.26. The van der Waals surface area contributed by atoms with Gasteiger partial charge in [-0.15, -0.1) is 0 Å². The fourth-order valence-electron chi connectivity index (χ4n) is 3.36. The third kappa shape index (κ3) is 2.64. The number of benzene rings is 2. The number of aryl methyl sites for hydroxylation is 1. The van der Waals surface area contributed by atoms with Crippen molar-refractivity contribution in [3.05, 3.63) is 65.1 Å². The van der Waals surface area contributed by atoms with Gasteiger partial charge in [0.15, 0.2) is 0 Å². The summed E-state index contributed by atoms with van der Waals surface area (Å²) in [4.78, 5) is 0. The Balaban J connectivity index is 2.50. The van der Waals surface area contributed by atoms with Gasteiger partial charge in [0.25, 0.3) is 0 Å². The summed E-state index contributed by atoms with van der Waals surface area (Å²) in [6, 6.07) is 8.92. The summed E-state index contributed by atoms with van der Waals surface area (Å²) in [6.45, 7) is 9.97. The predicted molar refractivity (Wildman–Crippen MR) is 104 cm³/mol. The lowest BCUT2D eigenvalue weighted by Crippen LogP contribution is -2.04. The largest absolute Gasteiger partial charge is 0.398 e. The molecule has 1 aromatic heterocycles. The van der Waals surface area contributed by atoms with E-state index in [4.69, 9.17) is 11.1 Å². The second-order valence-electron chi connectivity index (χ2n) is 6.57. The van der Waals surface area contributed by atoms with Crippen LogP contribution in [-0.4, -0.2) is 10.8 Å². The second kappa shape index (κ2) is 6.20. The lowest BCUT2D eigenvalue weighted by molar-refractivity contribution is 0.618. The Morgan fingerprint density at radius 3 is 2.52 bits per heavy atom. The molecule has 2 aromatic carbocycles. The number of halogens is 1. The zero-order chi connectivity index (χ0) is 18.3. The van der Waals surface area contributed by atoms with Gasteiger partial charge in [-0.3, -0.25) is 0 Å². The average Bonchev–Trinajstić information content (AvgIpc) is 2.89. The van der Waals surface area contributed by atoms with Crippen LogP contribution < -0.4 is 5.73 Å². The van der Waals surface area contributed by atoms with E-state index in [0.717, 1.165) is 27.8 Å². The summed E-state index contributed by atoms with van der Waals surface area (Å²) in [7, 11) is 0. The first-order chi connectivity index (χ1) is 11.9. The van der Waals surface area contributed by atoms with Crippen molar-refractivity contribution in [1.82, 2.24) is 4.57 Å². The first kappa shape index (κ1) is 17.0. The Bertz CT molecular complexity index is 996. The monoisotopic (exact) mass is 335 g/mol. The number of hydrogen-bond donors (Lipinski definition) is 2. The standard InChI is InChI=1S/C21H22FN3/c1-5-16-17-10-19(24)14(11-23)9-20(17)25(21(16)12(2)3)15-6-7-18(22)13(4)8-15/h5-12,23H,1,24H2,2-4H3. The van der Waals surface area contributed by atoms with Crippen LogP contribution >= 0.6 is 0 Å². The van der Waals surface area contributed by atoms with Crippen LogP contribution in [0, 0.1) is 18.2 Å². The molecule has 0 saturated carbocycles. The van der Waals surface area contributed by atoms with Crippen LogP contribution in [0.25, 0.3) is 22.7 Å². The van der Waals surface area contributed by atoms with Crippen LogP contribution in [0.15, 0.2) is 36.9 Å². The molecule has 0 atom stereocenters. The van der Waals surface area contributed by atoms with E-state index in [1.54, 1.807) is 13.0 Å². The van der Waals surface area contributed by atoms with Gasteiger partial charge in [-0.1, -0.05) is 26.5 Å². The first-order valence-electron chi connectivity index (χ1n) is 8.26. The van der Waals surface area contributed by atoms with Gasteiger partial charge in [-0.05, 0) is 48.7 Å². The van der Waals surface area contributed by atoms with Gasteiger partial charge in [-0.2, -0.15) is 0 Å². The minimum atomic E-state index is -0.223. The highest BCUT2D eigenvalue weighted by Gasteiger charge is 2.20. The summed E-state index contributed by atoms with van der Waals surface area (Å²) in [5, 5.41) is 8.59. The van der Waals surface area contributed by atoms with Crippen LogP contribution in [0.1, 0.15) is 42.1 Å². The highest BCUT2D eigenvalue weighted by molar-refractivity contribution is 6.00. The van der Waals surface area contributed by atoms with Gasteiger partial charge >= 0.3 is 0 Å². The molecule has 3 rings (SSSR count). The molecule has 0 saturated heterocycles. The fraction of sp³-hybridized carbons (Fsp3) is 0.190. The molecule has 3 N–H and O–H groups in total. The zero-order valence-corrected chi connectivity index (χ0v) is 14.7. The molecule has 0 aliphatic rings. The normalized spacial score (nSPS) is 11.2. The molecule has 0 bridgehead atoms. The summed E-state index contributed by atoms with van der Waals surface area (Å²) in [5.74, 6) is 0.00934.